The van der Waals surface area contributed by atoms with Crippen LogP contribution in [0.4, 0.5) is 0 Å². The monoisotopic (exact) mass is 532 g/mol. The van der Waals surface area contributed by atoms with Crippen molar-refractivity contribution in [1.29, 1.82) is 0 Å². The quantitative estimate of drug-likeness (QED) is 0.206. The van der Waals surface area contributed by atoms with Gasteiger partial charge < -0.3 is 0 Å². The summed E-state index contributed by atoms with van der Waals surface area (Å²) in [5.74, 6) is -1.20. The Morgan fingerprint density at radius 3 is 1.50 bits per heavy atom. The summed E-state index contributed by atoms with van der Waals surface area (Å²) in [7, 11) is 0. The molecule has 0 atom stereocenters. The van der Waals surface area contributed by atoms with E-state index in [4.69, 9.17) is 4.52 Å². The molecule has 200 valence electrons. The Hall–Kier alpha value is -1.84. The van der Waals surface area contributed by atoms with Crippen molar-refractivity contribution in [3.8, 4) is 0 Å². The van der Waals surface area contributed by atoms with Crippen LogP contribution in [0.1, 0.15) is 99.8 Å². The van der Waals surface area contributed by atoms with Gasteiger partial charge in [-0.25, -0.2) is 0 Å². The average molecular weight is 533 g/mol. The van der Waals surface area contributed by atoms with Gasteiger partial charge in [0.1, 0.15) is 0 Å². The van der Waals surface area contributed by atoms with Crippen molar-refractivity contribution in [1.82, 2.24) is 0 Å². The fourth-order valence-corrected chi connectivity index (χ4v) is 12.7. The molecule has 2 rings (SSSR count). The molecule has 0 heterocycles. The van der Waals surface area contributed by atoms with Gasteiger partial charge in [-0.05, 0) is 0 Å². The molecular weight excluding hydrogens is 487 g/mol. The third-order valence-corrected chi connectivity index (χ3v) is 14.7. The van der Waals surface area contributed by atoms with Crippen molar-refractivity contribution in [3.05, 3.63) is 59.7 Å². The summed E-state index contributed by atoms with van der Waals surface area (Å²) in [5, 5.41) is 9.64. The number of hydrogen-bond acceptors (Lipinski definition) is 4. The minimum absolute atomic E-state index is 0.233. The standard InChI is InChI=1S/C30H45O4PS/c1-5-9-21-35(22-10-6-2,23-11-7-3,24-12-8-4)34-30(33)26-18-14-16-20-28(26)36-27-19-15-13-17-25(27)29(31)32/h13-20H,5-12,21-24H2,1-4H3,(H,31,32). The van der Waals surface area contributed by atoms with E-state index in [1.54, 1.807) is 18.2 Å². The topological polar surface area (TPSA) is 63.6 Å². The van der Waals surface area contributed by atoms with Crippen LogP contribution in [0.2, 0.25) is 0 Å². The van der Waals surface area contributed by atoms with E-state index in [9.17, 15) is 14.7 Å². The molecule has 4 nitrogen and oxygen atoms in total. The molecule has 0 spiro atoms. The maximum absolute atomic E-state index is 14.0. The van der Waals surface area contributed by atoms with Crippen LogP contribution in [0.15, 0.2) is 58.3 Å². The maximum atomic E-state index is 14.0. The summed E-state index contributed by atoms with van der Waals surface area (Å²) >= 11 is 1.33. The van der Waals surface area contributed by atoms with Crippen molar-refractivity contribution in [3.63, 3.8) is 0 Å². The zero-order chi connectivity index (χ0) is 26.5. The zero-order valence-corrected chi connectivity index (χ0v) is 24.3. The Morgan fingerprint density at radius 2 is 1.08 bits per heavy atom. The third kappa shape index (κ3) is 8.08. The van der Waals surface area contributed by atoms with Crippen molar-refractivity contribution in [2.45, 2.75) is 88.9 Å². The molecule has 0 saturated heterocycles. The van der Waals surface area contributed by atoms with E-state index in [1.807, 2.05) is 30.3 Å². The van der Waals surface area contributed by atoms with Crippen molar-refractivity contribution in [2.75, 3.05) is 24.6 Å². The normalized spacial score (nSPS) is 12.6. The first-order valence-corrected chi connectivity index (χ1v) is 17.4. The number of benzene rings is 2. The van der Waals surface area contributed by atoms with Gasteiger partial charge in [-0.15, -0.1) is 0 Å². The second-order valence-corrected chi connectivity index (χ2v) is 16.7. The Balaban J connectivity index is 2.52. The predicted octanol–water partition coefficient (Wildman–Crippen LogP) is 9.36. The first-order valence-electron chi connectivity index (χ1n) is 13.7. The number of aromatic carboxylic acids is 1. The van der Waals surface area contributed by atoms with E-state index in [0.717, 1.165) is 80.9 Å². The second-order valence-electron chi connectivity index (χ2n) is 9.94. The van der Waals surface area contributed by atoms with E-state index in [-0.39, 0.29) is 11.5 Å². The van der Waals surface area contributed by atoms with E-state index in [1.165, 1.54) is 11.8 Å². The Kier molecular flexibility index (Phi) is 12.5. The van der Waals surface area contributed by atoms with Gasteiger partial charge in [0.05, 0.1) is 0 Å². The van der Waals surface area contributed by atoms with Crippen LogP contribution in [0.3, 0.4) is 0 Å². The summed E-state index contributed by atoms with van der Waals surface area (Å²) in [5.41, 5.74) is 0.778. The SMILES string of the molecule is CCCCP(CCCC)(CCCC)(CCCC)OC(=O)c1ccccc1Sc1ccccc1C(=O)O. The van der Waals surface area contributed by atoms with E-state index in [2.05, 4.69) is 27.7 Å². The van der Waals surface area contributed by atoms with E-state index < -0.39 is 12.8 Å². The van der Waals surface area contributed by atoms with Gasteiger partial charge in [0.25, 0.3) is 0 Å². The average Bonchev–Trinajstić information content (AvgIpc) is 2.89. The molecule has 0 bridgehead atoms. The first kappa shape index (κ1) is 30.4. The molecule has 36 heavy (non-hydrogen) atoms. The number of carbonyl (C=O) groups excluding carboxylic acids is 1. The number of unbranched alkanes of at least 4 members (excludes halogenated alkanes) is 4. The molecule has 0 fully saturated rings. The Morgan fingerprint density at radius 1 is 0.694 bits per heavy atom. The molecular formula is C30H45O4PS. The predicted molar refractivity (Wildman–Crippen MR) is 155 cm³/mol. The molecule has 0 radical (unpaired) electrons. The molecule has 0 aliphatic heterocycles. The molecule has 0 aliphatic rings. The fraction of sp³-hybridized carbons (Fsp3) is 0.533. The second kappa shape index (κ2) is 14.8. The van der Waals surface area contributed by atoms with E-state index in [0.29, 0.717) is 10.5 Å². The molecule has 0 saturated carbocycles. The van der Waals surface area contributed by atoms with Gasteiger partial charge in [0, 0.05) is 0 Å². The summed E-state index contributed by atoms with van der Waals surface area (Å²) in [6.45, 7) is 6.11. The van der Waals surface area contributed by atoms with Crippen LogP contribution in [-0.4, -0.2) is 41.7 Å². The molecule has 2 aromatic carbocycles. The third-order valence-electron chi connectivity index (χ3n) is 7.09. The van der Waals surface area contributed by atoms with Gasteiger partial charge in [0.15, 0.2) is 0 Å². The molecule has 0 aromatic heterocycles. The van der Waals surface area contributed by atoms with Crippen molar-refractivity contribution >= 4 is 30.5 Å². The van der Waals surface area contributed by atoms with Crippen LogP contribution in [0.25, 0.3) is 0 Å². The zero-order valence-electron chi connectivity index (χ0n) is 22.6. The number of hydrogen-bond donors (Lipinski definition) is 1. The van der Waals surface area contributed by atoms with Crippen LogP contribution in [-0.2, 0) is 4.52 Å². The van der Waals surface area contributed by atoms with Crippen LogP contribution in [0.5, 0.6) is 0 Å². The van der Waals surface area contributed by atoms with Crippen LogP contribution >= 0.6 is 18.6 Å². The van der Waals surface area contributed by atoms with Crippen LogP contribution in [0, 0.1) is 0 Å². The van der Waals surface area contributed by atoms with Crippen LogP contribution < -0.4 is 0 Å². The summed E-state index contributed by atoms with van der Waals surface area (Å²) in [6, 6.07) is 14.4. The number of carboxylic acid groups (broad SMARTS) is 1. The molecule has 6 heteroatoms. The molecule has 2 aromatic rings. The summed E-state index contributed by atoms with van der Waals surface area (Å²) in [4.78, 5) is 27.2. The number of rotatable bonds is 17. The first-order chi connectivity index (χ1) is 17.3. The van der Waals surface area contributed by atoms with Gasteiger partial charge >= 0.3 is 223 Å². The molecule has 0 aliphatic carbocycles. The molecule has 0 amide bonds. The minimum atomic E-state index is -2.78. The molecule has 0 unspecified atom stereocenters. The Bertz CT molecular complexity index is 947. The fourth-order valence-electron chi connectivity index (χ4n) is 4.94. The van der Waals surface area contributed by atoms with Gasteiger partial charge in [-0.2, -0.15) is 0 Å². The summed E-state index contributed by atoms with van der Waals surface area (Å²) in [6.07, 6.45) is 12.8. The van der Waals surface area contributed by atoms with E-state index >= 15 is 0 Å². The molecule has 1 N–H and O–H groups in total. The van der Waals surface area contributed by atoms with Gasteiger partial charge in [-0.3, -0.25) is 0 Å². The summed E-state index contributed by atoms with van der Waals surface area (Å²) < 4.78 is 6.94. The van der Waals surface area contributed by atoms with Crippen molar-refractivity contribution < 1.29 is 19.2 Å². The number of carboxylic acids is 1. The van der Waals surface area contributed by atoms with Crippen molar-refractivity contribution in [2.24, 2.45) is 0 Å². The van der Waals surface area contributed by atoms with Gasteiger partial charge in [-0.1, -0.05) is 0 Å². The Labute approximate surface area is 222 Å². The number of carbonyl (C=O) groups is 2. The van der Waals surface area contributed by atoms with Gasteiger partial charge in [0.2, 0.25) is 0 Å².